The van der Waals surface area contributed by atoms with Crippen molar-refractivity contribution in [3.63, 3.8) is 0 Å². The zero-order chi connectivity index (χ0) is 9.47. The van der Waals surface area contributed by atoms with Crippen LogP contribution in [0.1, 0.15) is 6.42 Å². The van der Waals surface area contributed by atoms with E-state index < -0.39 is 18.2 Å². The standard InChI is InChI=1S/C7H7F3N2O/c8-7(9,10)4-3-5(4)13-6-1-2-11-12-6/h1-2,4-5H,3H2,(H,11,12)/t4-,5+/m1/s1. The smallest absolute Gasteiger partial charge is 0.395 e. The fourth-order valence-corrected chi connectivity index (χ4v) is 1.11. The number of aromatic amines is 1. The average Bonchev–Trinajstić information content (AvgIpc) is 2.57. The van der Waals surface area contributed by atoms with Gasteiger partial charge < -0.3 is 4.74 Å². The van der Waals surface area contributed by atoms with Gasteiger partial charge in [0.1, 0.15) is 6.10 Å². The third-order valence-corrected chi connectivity index (χ3v) is 1.90. The Morgan fingerprint density at radius 3 is 2.77 bits per heavy atom. The Balaban J connectivity index is 1.88. The van der Waals surface area contributed by atoms with Crippen molar-refractivity contribution in [1.29, 1.82) is 0 Å². The van der Waals surface area contributed by atoms with Gasteiger partial charge in [0.2, 0.25) is 5.88 Å². The van der Waals surface area contributed by atoms with E-state index in [0.29, 0.717) is 0 Å². The average molecular weight is 192 g/mol. The largest absolute Gasteiger partial charge is 0.473 e. The van der Waals surface area contributed by atoms with Gasteiger partial charge in [-0.1, -0.05) is 0 Å². The summed E-state index contributed by atoms with van der Waals surface area (Å²) < 4.78 is 41.0. The molecule has 72 valence electrons. The Hall–Kier alpha value is -1.20. The van der Waals surface area contributed by atoms with Crippen LogP contribution < -0.4 is 4.74 Å². The molecule has 1 N–H and O–H groups in total. The van der Waals surface area contributed by atoms with Gasteiger partial charge in [0.05, 0.1) is 5.92 Å². The lowest BCUT2D eigenvalue weighted by Crippen LogP contribution is -2.16. The van der Waals surface area contributed by atoms with Crippen LogP contribution in [0.25, 0.3) is 0 Å². The SMILES string of the molecule is FC(F)(F)[C@@H]1C[C@@H]1Oc1cc[nH]n1. The number of aromatic nitrogens is 2. The van der Waals surface area contributed by atoms with Crippen molar-refractivity contribution in [1.82, 2.24) is 10.2 Å². The van der Waals surface area contributed by atoms with E-state index in [-0.39, 0.29) is 12.3 Å². The summed E-state index contributed by atoms with van der Waals surface area (Å²) in [5.74, 6) is -1.10. The molecule has 0 amide bonds. The van der Waals surface area contributed by atoms with Crippen molar-refractivity contribution in [2.45, 2.75) is 18.7 Å². The Morgan fingerprint density at radius 1 is 1.54 bits per heavy atom. The van der Waals surface area contributed by atoms with Crippen LogP contribution in [0.15, 0.2) is 12.3 Å². The number of rotatable bonds is 2. The third kappa shape index (κ3) is 1.76. The van der Waals surface area contributed by atoms with Crippen molar-refractivity contribution in [3.05, 3.63) is 12.3 Å². The van der Waals surface area contributed by atoms with Crippen LogP contribution in [-0.2, 0) is 0 Å². The molecule has 1 aliphatic rings. The number of hydrogen-bond donors (Lipinski definition) is 1. The molecule has 0 unspecified atom stereocenters. The molecule has 0 spiro atoms. The molecule has 1 aromatic rings. The van der Waals surface area contributed by atoms with Gasteiger partial charge >= 0.3 is 6.18 Å². The van der Waals surface area contributed by atoms with Gasteiger partial charge in [0.25, 0.3) is 0 Å². The lowest BCUT2D eigenvalue weighted by molar-refractivity contribution is -0.153. The minimum absolute atomic E-state index is 0.0381. The maximum absolute atomic E-state index is 12.0. The fraction of sp³-hybridized carbons (Fsp3) is 0.571. The first kappa shape index (κ1) is 8.40. The van der Waals surface area contributed by atoms with Crippen molar-refractivity contribution in [2.24, 2.45) is 5.92 Å². The van der Waals surface area contributed by atoms with Crippen LogP contribution in [-0.4, -0.2) is 22.5 Å². The van der Waals surface area contributed by atoms with Crippen LogP contribution in [0.3, 0.4) is 0 Å². The summed E-state index contributed by atoms with van der Waals surface area (Å²) >= 11 is 0. The van der Waals surface area contributed by atoms with E-state index in [2.05, 4.69) is 10.2 Å². The quantitative estimate of drug-likeness (QED) is 0.774. The minimum atomic E-state index is -4.14. The Bertz CT molecular complexity index is 282. The van der Waals surface area contributed by atoms with Crippen molar-refractivity contribution >= 4 is 0 Å². The number of nitrogens with zero attached hydrogens (tertiary/aromatic N) is 1. The molecule has 0 aromatic carbocycles. The van der Waals surface area contributed by atoms with Gasteiger partial charge in [-0.25, -0.2) is 0 Å². The lowest BCUT2D eigenvalue weighted by atomic mass is 10.4. The van der Waals surface area contributed by atoms with Crippen molar-refractivity contribution in [2.75, 3.05) is 0 Å². The Morgan fingerprint density at radius 2 is 2.31 bits per heavy atom. The van der Waals surface area contributed by atoms with Gasteiger partial charge in [-0.2, -0.15) is 13.2 Å². The van der Waals surface area contributed by atoms with Crippen LogP contribution in [0, 0.1) is 5.92 Å². The van der Waals surface area contributed by atoms with E-state index in [0.717, 1.165) is 0 Å². The highest BCUT2D eigenvalue weighted by molar-refractivity contribution is 5.08. The predicted molar refractivity (Wildman–Crippen MR) is 37.2 cm³/mol. The maximum Gasteiger partial charge on any atom is 0.395 e. The van der Waals surface area contributed by atoms with Gasteiger partial charge in [-0.05, 0) is 6.42 Å². The molecule has 13 heavy (non-hydrogen) atoms. The molecule has 0 saturated heterocycles. The summed E-state index contributed by atoms with van der Waals surface area (Å²) in [5.41, 5.74) is 0. The molecule has 6 heteroatoms. The zero-order valence-electron chi connectivity index (χ0n) is 6.51. The second-order valence-corrected chi connectivity index (χ2v) is 2.95. The monoisotopic (exact) mass is 192 g/mol. The van der Waals surface area contributed by atoms with E-state index >= 15 is 0 Å². The van der Waals surface area contributed by atoms with Gasteiger partial charge in [0, 0.05) is 12.3 Å². The second kappa shape index (κ2) is 2.65. The second-order valence-electron chi connectivity index (χ2n) is 2.95. The van der Waals surface area contributed by atoms with E-state index in [1.807, 2.05) is 0 Å². The molecule has 2 atom stereocenters. The van der Waals surface area contributed by atoms with E-state index in [9.17, 15) is 13.2 Å². The first-order valence-corrected chi connectivity index (χ1v) is 3.80. The van der Waals surface area contributed by atoms with E-state index in [1.165, 1.54) is 12.3 Å². The van der Waals surface area contributed by atoms with Crippen LogP contribution in [0.4, 0.5) is 13.2 Å². The molecule has 0 radical (unpaired) electrons. The molecule has 1 aliphatic carbocycles. The van der Waals surface area contributed by atoms with Gasteiger partial charge in [-0.3, -0.25) is 5.10 Å². The summed E-state index contributed by atoms with van der Waals surface area (Å²) in [6, 6.07) is 1.49. The molecule has 1 fully saturated rings. The van der Waals surface area contributed by atoms with Gasteiger partial charge in [0.15, 0.2) is 0 Å². The number of halogens is 3. The topological polar surface area (TPSA) is 37.9 Å². The first-order chi connectivity index (χ1) is 6.07. The molecule has 1 saturated carbocycles. The normalized spacial score (nSPS) is 27.3. The Kier molecular flexibility index (Phi) is 1.71. The van der Waals surface area contributed by atoms with E-state index in [1.54, 1.807) is 0 Å². The highest BCUT2D eigenvalue weighted by Gasteiger charge is 2.57. The first-order valence-electron chi connectivity index (χ1n) is 3.80. The summed E-state index contributed by atoms with van der Waals surface area (Å²) in [4.78, 5) is 0. The predicted octanol–water partition coefficient (Wildman–Crippen LogP) is 1.74. The summed E-state index contributed by atoms with van der Waals surface area (Å²) in [6.45, 7) is 0. The molecule has 1 aromatic heterocycles. The Labute approximate surface area is 71.9 Å². The number of ether oxygens (including phenoxy) is 1. The highest BCUT2D eigenvalue weighted by atomic mass is 19.4. The fourth-order valence-electron chi connectivity index (χ4n) is 1.11. The number of alkyl halides is 3. The summed E-state index contributed by atoms with van der Waals surface area (Å²) in [7, 11) is 0. The highest BCUT2D eigenvalue weighted by Crippen LogP contribution is 2.46. The lowest BCUT2D eigenvalue weighted by Gasteiger charge is -2.04. The minimum Gasteiger partial charge on any atom is -0.473 e. The third-order valence-electron chi connectivity index (χ3n) is 1.90. The van der Waals surface area contributed by atoms with E-state index in [4.69, 9.17) is 4.74 Å². The number of nitrogens with one attached hydrogen (secondary N) is 1. The van der Waals surface area contributed by atoms with Gasteiger partial charge in [-0.15, -0.1) is 5.10 Å². The molecule has 1 heterocycles. The van der Waals surface area contributed by atoms with Crippen LogP contribution >= 0.6 is 0 Å². The molecule has 2 rings (SSSR count). The van der Waals surface area contributed by atoms with Crippen LogP contribution in [0.2, 0.25) is 0 Å². The molecule has 0 aliphatic heterocycles. The molecule has 3 nitrogen and oxygen atoms in total. The number of H-pyrrole nitrogens is 1. The maximum atomic E-state index is 12.0. The van der Waals surface area contributed by atoms with Crippen LogP contribution in [0.5, 0.6) is 5.88 Å². The summed E-state index contributed by atoms with van der Waals surface area (Å²) in [6.07, 6.45) is -3.35. The summed E-state index contributed by atoms with van der Waals surface area (Å²) in [5, 5.41) is 6.06. The number of hydrogen-bond acceptors (Lipinski definition) is 2. The molecular weight excluding hydrogens is 185 g/mol. The van der Waals surface area contributed by atoms with Crippen molar-refractivity contribution < 1.29 is 17.9 Å². The molecular formula is C7H7F3N2O. The zero-order valence-corrected chi connectivity index (χ0v) is 6.51. The molecule has 0 bridgehead atoms. The van der Waals surface area contributed by atoms with Crippen molar-refractivity contribution in [3.8, 4) is 5.88 Å².